The van der Waals surface area contributed by atoms with Crippen LogP contribution in [-0.4, -0.2) is 54.0 Å². The summed E-state index contributed by atoms with van der Waals surface area (Å²) in [5.74, 6) is -2.80. The molecule has 2 aromatic carbocycles. The Hall–Kier alpha value is -3.39. The van der Waals surface area contributed by atoms with Crippen molar-refractivity contribution in [2.45, 2.75) is 25.8 Å². The molecule has 3 rings (SSSR count). The Kier molecular flexibility index (Phi) is 7.48. The fourth-order valence-electron chi connectivity index (χ4n) is 3.94. The molecule has 2 unspecified atom stereocenters. The number of carbonyl (C=O) groups excluding carboxylic acids is 2. The van der Waals surface area contributed by atoms with Crippen molar-refractivity contribution >= 4 is 18.0 Å². The van der Waals surface area contributed by atoms with Crippen molar-refractivity contribution < 1.29 is 29.3 Å². The predicted octanol–water partition coefficient (Wildman–Crippen LogP) is 2.36. The molecule has 0 aromatic heterocycles. The summed E-state index contributed by atoms with van der Waals surface area (Å²) in [4.78, 5) is 35.8. The van der Waals surface area contributed by atoms with E-state index in [0.29, 0.717) is 0 Å². The van der Waals surface area contributed by atoms with Crippen LogP contribution in [0.15, 0.2) is 48.5 Å². The van der Waals surface area contributed by atoms with Gasteiger partial charge in [0.15, 0.2) is 0 Å². The molecule has 0 bridgehead atoms. The van der Waals surface area contributed by atoms with Crippen LogP contribution in [0.4, 0.5) is 4.79 Å². The Morgan fingerprint density at radius 1 is 1.00 bits per heavy atom. The molecule has 2 atom stereocenters. The van der Waals surface area contributed by atoms with Crippen LogP contribution in [0.25, 0.3) is 11.1 Å². The Morgan fingerprint density at radius 2 is 1.56 bits per heavy atom. The van der Waals surface area contributed by atoms with Gasteiger partial charge >= 0.3 is 12.1 Å². The number of carbonyl (C=O) groups is 3. The van der Waals surface area contributed by atoms with Crippen LogP contribution < -0.4 is 10.6 Å². The Balaban J connectivity index is 1.59. The molecule has 0 saturated carbocycles. The third kappa shape index (κ3) is 5.08. The van der Waals surface area contributed by atoms with Crippen molar-refractivity contribution in [1.82, 2.24) is 10.6 Å². The number of nitrogens with one attached hydrogen (secondary N) is 2. The number of aliphatic hydroxyl groups is 1. The zero-order chi connectivity index (χ0) is 23.3. The number of aliphatic hydroxyl groups excluding tert-OH is 1. The highest BCUT2D eigenvalue weighted by molar-refractivity contribution is 5.85. The van der Waals surface area contributed by atoms with Gasteiger partial charge in [0.2, 0.25) is 5.91 Å². The summed E-state index contributed by atoms with van der Waals surface area (Å²) in [5.41, 5.74) is 4.46. The van der Waals surface area contributed by atoms with Crippen LogP contribution in [0.3, 0.4) is 0 Å². The number of carboxylic acids is 1. The maximum atomic E-state index is 12.4. The number of fused-ring (bicyclic) bond motifs is 3. The Bertz CT molecular complexity index is 944. The minimum Gasteiger partial charge on any atom is -0.480 e. The second kappa shape index (κ2) is 10.3. The smallest absolute Gasteiger partial charge is 0.407 e. The van der Waals surface area contributed by atoms with Crippen molar-refractivity contribution in [1.29, 1.82) is 0 Å². The number of ether oxygens (including phenoxy) is 1. The first-order valence-corrected chi connectivity index (χ1v) is 10.6. The summed E-state index contributed by atoms with van der Waals surface area (Å²) in [5, 5.41) is 23.0. The molecule has 0 fully saturated rings. The van der Waals surface area contributed by atoms with E-state index in [-0.39, 0.29) is 25.0 Å². The fraction of sp³-hybridized carbons (Fsp3) is 0.375. The number of benzene rings is 2. The molecule has 32 heavy (non-hydrogen) atoms. The van der Waals surface area contributed by atoms with E-state index in [1.165, 1.54) is 0 Å². The van der Waals surface area contributed by atoms with Gasteiger partial charge in [0.25, 0.3) is 0 Å². The zero-order valence-electron chi connectivity index (χ0n) is 18.1. The van der Waals surface area contributed by atoms with Gasteiger partial charge in [-0.2, -0.15) is 0 Å². The van der Waals surface area contributed by atoms with Gasteiger partial charge in [0.1, 0.15) is 12.6 Å². The highest BCUT2D eigenvalue weighted by Crippen LogP contribution is 2.44. The number of hydrogen-bond acceptors (Lipinski definition) is 5. The molecule has 4 N–H and O–H groups in total. The van der Waals surface area contributed by atoms with Crippen LogP contribution in [0.5, 0.6) is 0 Å². The first kappa shape index (κ1) is 23.3. The van der Waals surface area contributed by atoms with Gasteiger partial charge in [-0.25, -0.2) is 9.59 Å². The maximum absolute atomic E-state index is 12.4. The highest BCUT2D eigenvalue weighted by atomic mass is 16.5. The van der Waals surface area contributed by atoms with E-state index in [4.69, 9.17) is 14.9 Å². The average molecular weight is 440 g/mol. The molecule has 8 heteroatoms. The monoisotopic (exact) mass is 440 g/mol. The number of carboxylic acid groups (broad SMARTS) is 1. The molecule has 2 aromatic rings. The van der Waals surface area contributed by atoms with E-state index in [1.54, 1.807) is 13.8 Å². The lowest BCUT2D eigenvalue weighted by atomic mass is 9.94. The Morgan fingerprint density at radius 3 is 2.06 bits per heavy atom. The molecule has 2 amide bonds. The van der Waals surface area contributed by atoms with Crippen LogP contribution in [-0.2, 0) is 14.3 Å². The normalized spacial score (nSPS) is 14.2. The molecule has 170 valence electrons. The van der Waals surface area contributed by atoms with E-state index in [2.05, 4.69) is 22.8 Å². The van der Waals surface area contributed by atoms with Crippen LogP contribution in [0, 0.1) is 11.8 Å². The van der Waals surface area contributed by atoms with Crippen molar-refractivity contribution in [3.05, 3.63) is 59.7 Å². The van der Waals surface area contributed by atoms with Crippen molar-refractivity contribution in [2.24, 2.45) is 11.8 Å². The largest absolute Gasteiger partial charge is 0.480 e. The summed E-state index contributed by atoms with van der Waals surface area (Å²) in [6.45, 7) is 3.00. The quantitative estimate of drug-likeness (QED) is 0.474. The summed E-state index contributed by atoms with van der Waals surface area (Å²) < 4.78 is 5.47. The third-order valence-corrected chi connectivity index (χ3v) is 5.75. The summed E-state index contributed by atoms with van der Waals surface area (Å²) in [7, 11) is 0. The number of aliphatic carboxylic acids is 1. The molecular weight excluding hydrogens is 412 g/mol. The lowest BCUT2D eigenvalue weighted by Crippen LogP contribution is -2.49. The lowest BCUT2D eigenvalue weighted by Gasteiger charge is -2.22. The second-order valence-electron chi connectivity index (χ2n) is 8.14. The Labute approximate surface area is 186 Å². The van der Waals surface area contributed by atoms with Gasteiger partial charge in [-0.05, 0) is 28.2 Å². The standard InChI is InChI=1S/C24H28N2O6/c1-14(2)19(22(28)26-21(12-27)23(29)30)11-25-24(31)32-13-20-17-9-5-3-7-15(17)16-8-4-6-10-18(16)20/h3-10,14,19-21,27H,11-13H2,1-2H3,(H,25,31)(H,26,28)(H,29,30). The van der Waals surface area contributed by atoms with Crippen molar-refractivity contribution in [3.8, 4) is 11.1 Å². The molecule has 0 aliphatic heterocycles. The third-order valence-electron chi connectivity index (χ3n) is 5.75. The predicted molar refractivity (Wildman–Crippen MR) is 118 cm³/mol. The van der Waals surface area contributed by atoms with Crippen LogP contribution in [0.2, 0.25) is 0 Å². The number of alkyl carbamates (subject to hydrolysis) is 1. The minimum atomic E-state index is -1.39. The molecule has 1 aliphatic rings. The lowest BCUT2D eigenvalue weighted by molar-refractivity contribution is -0.143. The van der Waals surface area contributed by atoms with Gasteiger partial charge in [-0.15, -0.1) is 0 Å². The van der Waals surface area contributed by atoms with Gasteiger partial charge in [0.05, 0.1) is 12.5 Å². The molecule has 8 nitrogen and oxygen atoms in total. The topological polar surface area (TPSA) is 125 Å². The SMILES string of the molecule is CC(C)C(CNC(=O)OCC1c2ccccc2-c2ccccc21)C(=O)NC(CO)C(=O)O. The van der Waals surface area contributed by atoms with Crippen LogP contribution >= 0.6 is 0 Å². The van der Waals surface area contributed by atoms with Crippen molar-refractivity contribution in [3.63, 3.8) is 0 Å². The van der Waals surface area contributed by atoms with E-state index < -0.39 is 36.5 Å². The van der Waals surface area contributed by atoms with Gasteiger partial charge in [0, 0.05) is 12.5 Å². The molecule has 0 heterocycles. The average Bonchev–Trinajstić information content (AvgIpc) is 3.09. The van der Waals surface area contributed by atoms with Crippen LogP contribution in [0.1, 0.15) is 30.9 Å². The zero-order valence-corrected chi connectivity index (χ0v) is 18.1. The van der Waals surface area contributed by atoms with E-state index in [9.17, 15) is 14.4 Å². The highest BCUT2D eigenvalue weighted by Gasteiger charge is 2.30. The van der Waals surface area contributed by atoms with Crippen molar-refractivity contribution in [2.75, 3.05) is 19.8 Å². The minimum absolute atomic E-state index is 0.0159. The molecule has 0 radical (unpaired) electrons. The molecule has 0 saturated heterocycles. The van der Waals surface area contributed by atoms with Gasteiger partial charge in [-0.3, -0.25) is 4.79 Å². The number of rotatable bonds is 9. The summed E-state index contributed by atoms with van der Waals surface area (Å²) >= 11 is 0. The second-order valence-corrected chi connectivity index (χ2v) is 8.14. The number of amides is 2. The van der Waals surface area contributed by atoms with E-state index in [1.807, 2.05) is 36.4 Å². The van der Waals surface area contributed by atoms with Gasteiger partial charge < -0.3 is 25.6 Å². The summed E-state index contributed by atoms with van der Waals surface area (Å²) in [6.07, 6.45) is -0.651. The summed E-state index contributed by atoms with van der Waals surface area (Å²) in [6, 6.07) is 14.6. The van der Waals surface area contributed by atoms with E-state index >= 15 is 0 Å². The molecule has 0 spiro atoms. The fourth-order valence-corrected chi connectivity index (χ4v) is 3.94. The van der Waals surface area contributed by atoms with E-state index in [0.717, 1.165) is 22.3 Å². The molecular formula is C24H28N2O6. The van der Waals surface area contributed by atoms with Gasteiger partial charge in [-0.1, -0.05) is 62.4 Å². The first-order valence-electron chi connectivity index (χ1n) is 10.6. The molecule has 1 aliphatic carbocycles. The number of hydrogen-bond donors (Lipinski definition) is 4. The first-order chi connectivity index (χ1) is 15.3. The maximum Gasteiger partial charge on any atom is 0.407 e.